The summed E-state index contributed by atoms with van der Waals surface area (Å²) in [4.78, 5) is 2.44. The average molecular weight is 196 g/mol. The van der Waals surface area contributed by atoms with Crippen LogP contribution in [0.1, 0.15) is 12.2 Å². The number of aromatic amines is 1. The van der Waals surface area contributed by atoms with Gasteiger partial charge in [0.1, 0.15) is 0 Å². The van der Waals surface area contributed by atoms with E-state index in [0.29, 0.717) is 0 Å². The molecular weight excluding hydrogens is 180 g/mol. The number of nitrogens with zero attached hydrogens (tertiary/aromatic N) is 4. The van der Waals surface area contributed by atoms with Crippen LogP contribution in [0.3, 0.4) is 0 Å². The quantitative estimate of drug-likeness (QED) is 0.651. The Bertz CT molecular complexity index is 238. The van der Waals surface area contributed by atoms with Crippen molar-refractivity contribution in [2.75, 3.05) is 32.7 Å². The molecule has 0 atom stereocenters. The second kappa shape index (κ2) is 5.02. The molecule has 6 heteroatoms. The number of rotatable bonds is 3. The zero-order chi connectivity index (χ0) is 9.64. The fourth-order valence-electron chi connectivity index (χ4n) is 1.67. The first-order valence-electron chi connectivity index (χ1n) is 5.10. The highest BCUT2D eigenvalue weighted by Gasteiger charge is 2.09. The van der Waals surface area contributed by atoms with Crippen LogP contribution in [0.15, 0.2) is 0 Å². The molecule has 1 saturated heterocycles. The predicted octanol–water partition coefficient (Wildman–Crippen LogP) is -0.962. The molecule has 0 bridgehead atoms. The molecule has 1 aromatic rings. The minimum atomic E-state index is 0.808. The van der Waals surface area contributed by atoms with Gasteiger partial charge in [-0.1, -0.05) is 5.21 Å². The van der Waals surface area contributed by atoms with Crippen molar-refractivity contribution in [1.82, 2.24) is 30.8 Å². The van der Waals surface area contributed by atoms with Gasteiger partial charge in [-0.3, -0.25) is 0 Å². The van der Waals surface area contributed by atoms with Gasteiger partial charge in [-0.25, -0.2) is 0 Å². The fourth-order valence-corrected chi connectivity index (χ4v) is 1.67. The lowest BCUT2D eigenvalue weighted by Gasteiger charge is -2.17. The van der Waals surface area contributed by atoms with Crippen LogP contribution in [-0.2, 0) is 6.42 Å². The van der Waals surface area contributed by atoms with Crippen molar-refractivity contribution in [2.45, 2.75) is 12.8 Å². The topological polar surface area (TPSA) is 69.7 Å². The van der Waals surface area contributed by atoms with E-state index in [4.69, 9.17) is 0 Å². The van der Waals surface area contributed by atoms with E-state index in [0.717, 1.165) is 38.4 Å². The highest BCUT2D eigenvalue weighted by Crippen LogP contribution is 1.97. The van der Waals surface area contributed by atoms with Crippen LogP contribution in [0, 0.1) is 0 Å². The third kappa shape index (κ3) is 2.74. The maximum Gasteiger partial charge on any atom is 0.175 e. The summed E-state index contributed by atoms with van der Waals surface area (Å²) in [6.07, 6.45) is 2.11. The highest BCUT2D eigenvalue weighted by atomic mass is 15.5. The molecule has 2 N–H and O–H groups in total. The zero-order valence-electron chi connectivity index (χ0n) is 8.24. The normalized spacial score (nSPS) is 19.4. The summed E-state index contributed by atoms with van der Waals surface area (Å²) in [7, 11) is 0. The monoisotopic (exact) mass is 196 g/mol. The van der Waals surface area contributed by atoms with E-state index in [-0.39, 0.29) is 0 Å². The van der Waals surface area contributed by atoms with Crippen molar-refractivity contribution in [2.24, 2.45) is 0 Å². The van der Waals surface area contributed by atoms with Gasteiger partial charge in [0, 0.05) is 26.1 Å². The smallest absolute Gasteiger partial charge is 0.175 e. The van der Waals surface area contributed by atoms with E-state index in [1.165, 1.54) is 13.0 Å². The molecule has 0 amide bonds. The Morgan fingerprint density at radius 2 is 2.29 bits per heavy atom. The molecule has 14 heavy (non-hydrogen) atoms. The number of hydrogen-bond donors (Lipinski definition) is 2. The SMILES string of the molecule is C1CNCCN(CCc2nn[nH]n2)C1. The fraction of sp³-hybridized carbons (Fsp3) is 0.875. The van der Waals surface area contributed by atoms with E-state index in [9.17, 15) is 0 Å². The Kier molecular flexibility index (Phi) is 3.42. The Morgan fingerprint density at radius 3 is 3.14 bits per heavy atom. The highest BCUT2D eigenvalue weighted by molar-refractivity contribution is 4.78. The van der Waals surface area contributed by atoms with Crippen LogP contribution in [-0.4, -0.2) is 58.2 Å². The Labute approximate surface area is 83.1 Å². The summed E-state index contributed by atoms with van der Waals surface area (Å²) in [5.41, 5.74) is 0. The summed E-state index contributed by atoms with van der Waals surface area (Å²) in [5, 5.41) is 17.3. The van der Waals surface area contributed by atoms with Gasteiger partial charge in [0.2, 0.25) is 0 Å². The third-order valence-electron chi connectivity index (χ3n) is 2.47. The summed E-state index contributed by atoms with van der Waals surface area (Å²) in [6, 6.07) is 0. The van der Waals surface area contributed by atoms with Crippen molar-refractivity contribution >= 4 is 0 Å². The summed E-state index contributed by atoms with van der Waals surface area (Å²) in [5.74, 6) is 0.808. The van der Waals surface area contributed by atoms with E-state index in [1.807, 2.05) is 0 Å². The van der Waals surface area contributed by atoms with E-state index in [2.05, 4.69) is 30.8 Å². The standard InChI is InChI=1S/C8H16N6/c1-3-9-4-7-14(5-1)6-2-8-10-12-13-11-8/h9H,1-7H2,(H,10,11,12,13). The molecule has 1 aliphatic rings. The van der Waals surface area contributed by atoms with Crippen LogP contribution >= 0.6 is 0 Å². The lowest BCUT2D eigenvalue weighted by atomic mass is 10.3. The van der Waals surface area contributed by atoms with Gasteiger partial charge >= 0.3 is 0 Å². The molecule has 1 aromatic heterocycles. The molecule has 0 spiro atoms. The number of H-pyrrole nitrogens is 1. The molecular formula is C8H16N6. The number of nitrogens with one attached hydrogen (secondary N) is 2. The molecule has 0 radical (unpaired) electrons. The molecule has 1 aliphatic heterocycles. The Balaban J connectivity index is 1.73. The molecule has 0 unspecified atom stereocenters. The van der Waals surface area contributed by atoms with E-state index < -0.39 is 0 Å². The van der Waals surface area contributed by atoms with Gasteiger partial charge in [0.25, 0.3) is 0 Å². The Morgan fingerprint density at radius 1 is 1.29 bits per heavy atom. The summed E-state index contributed by atoms with van der Waals surface area (Å²) in [6.45, 7) is 5.55. The maximum absolute atomic E-state index is 3.93. The molecule has 2 rings (SSSR count). The van der Waals surface area contributed by atoms with Crippen LogP contribution < -0.4 is 5.32 Å². The van der Waals surface area contributed by atoms with Crippen molar-refractivity contribution in [1.29, 1.82) is 0 Å². The van der Waals surface area contributed by atoms with Gasteiger partial charge in [0.05, 0.1) is 0 Å². The molecule has 78 valence electrons. The summed E-state index contributed by atoms with van der Waals surface area (Å²) >= 11 is 0. The van der Waals surface area contributed by atoms with Gasteiger partial charge in [-0.2, -0.15) is 5.21 Å². The first-order chi connectivity index (χ1) is 6.95. The first kappa shape index (κ1) is 9.54. The second-order valence-corrected chi connectivity index (χ2v) is 3.52. The van der Waals surface area contributed by atoms with Gasteiger partial charge in [0.15, 0.2) is 5.82 Å². The minimum Gasteiger partial charge on any atom is -0.315 e. The minimum absolute atomic E-state index is 0.808. The van der Waals surface area contributed by atoms with Crippen LogP contribution in [0.25, 0.3) is 0 Å². The number of aromatic nitrogens is 4. The van der Waals surface area contributed by atoms with Gasteiger partial charge in [-0.05, 0) is 19.5 Å². The zero-order valence-corrected chi connectivity index (χ0v) is 8.24. The molecule has 0 aromatic carbocycles. The molecule has 2 heterocycles. The largest absolute Gasteiger partial charge is 0.315 e. The van der Waals surface area contributed by atoms with Crippen LogP contribution in [0.4, 0.5) is 0 Å². The lowest BCUT2D eigenvalue weighted by Crippen LogP contribution is -2.30. The van der Waals surface area contributed by atoms with Crippen molar-refractivity contribution in [3.63, 3.8) is 0 Å². The molecule has 0 aliphatic carbocycles. The van der Waals surface area contributed by atoms with E-state index >= 15 is 0 Å². The number of tetrazole rings is 1. The second-order valence-electron chi connectivity index (χ2n) is 3.52. The first-order valence-corrected chi connectivity index (χ1v) is 5.10. The number of hydrogen-bond acceptors (Lipinski definition) is 5. The lowest BCUT2D eigenvalue weighted by molar-refractivity contribution is 0.294. The average Bonchev–Trinajstić information content (AvgIpc) is 2.58. The Hall–Kier alpha value is -1.01. The predicted molar refractivity (Wildman–Crippen MR) is 51.8 cm³/mol. The molecule has 1 fully saturated rings. The van der Waals surface area contributed by atoms with E-state index in [1.54, 1.807) is 0 Å². The van der Waals surface area contributed by atoms with Crippen molar-refractivity contribution in [3.05, 3.63) is 5.82 Å². The summed E-state index contributed by atoms with van der Waals surface area (Å²) < 4.78 is 0. The molecule has 6 nitrogen and oxygen atoms in total. The van der Waals surface area contributed by atoms with Gasteiger partial charge < -0.3 is 10.2 Å². The molecule has 0 saturated carbocycles. The van der Waals surface area contributed by atoms with Crippen molar-refractivity contribution < 1.29 is 0 Å². The van der Waals surface area contributed by atoms with Crippen molar-refractivity contribution in [3.8, 4) is 0 Å². The van der Waals surface area contributed by atoms with Crippen LogP contribution in [0.5, 0.6) is 0 Å². The third-order valence-corrected chi connectivity index (χ3v) is 2.47. The van der Waals surface area contributed by atoms with Gasteiger partial charge in [-0.15, -0.1) is 10.2 Å². The van der Waals surface area contributed by atoms with Crippen LogP contribution in [0.2, 0.25) is 0 Å². The maximum atomic E-state index is 3.93.